The number of hydrogen-bond donors (Lipinski definition) is 2. The van der Waals surface area contributed by atoms with Crippen molar-refractivity contribution in [2.24, 2.45) is 0 Å². The van der Waals surface area contributed by atoms with Gasteiger partial charge in [0, 0.05) is 22.6 Å². The number of ether oxygens (including phenoxy) is 1. The first-order chi connectivity index (χ1) is 12.2. The Balaban J connectivity index is 1.66. The predicted octanol–water partition coefficient (Wildman–Crippen LogP) is 4.24. The van der Waals surface area contributed by atoms with Gasteiger partial charge < -0.3 is 15.4 Å². The number of benzene rings is 2. The number of hydrogen-bond acceptors (Lipinski definition) is 5. The molecule has 2 aromatic carbocycles. The van der Waals surface area contributed by atoms with Crippen LogP contribution < -0.4 is 15.4 Å². The van der Waals surface area contributed by atoms with Gasteiger partial charge >= 0.3 is 0 Å². The zero-order valence-electron chi connectivity index (χ0n) is 13.4. The van der Waals surface area contributed by atoms with Gasteiger partial charge in [-0.25, -0.2) is 9.97 Å². The zero-order chi connectivity index (χ0) is 17.6. The number of carbonyl (C=O) groups excluding carboxylic acids is 1. The van der Waals surface area contributed by atoms with E-state index in [2.05, 4.69) is 36.5 Å². The van der Waals surface area contributed by atoms with E-state index >= 15 is 0 Å². The van der Waals surface area contributed by atoms with Crippen molar-refractivity contribution in [2.45, 2.75) is 0 Å². The Labute approximate surface area is 153 Å². The number of para-hydroxylation sites is 1. The molecule has 0 radical (unpaired) electrons. The molecule has 3 rings (SSSR count). The van der Waals surface area contributed by atoms with Crippen molar-refractivity contribution in [1.29, 1.82) is 0 Å². The molecule has 1 amide bonds. The van der Waals surface area contributed by atoms with E-state index in [1.807, 2.05) is 24.3 Å². The first-order valence-electron chi connectivity index (χ1n) is 7.45. The van der Waals surface area contributed by atoms with Crippen LogP contribution in [0.4, 0.5) is 17.3 Å². The van der Waals surface area contributed by atoms with Crippen molar-refractivity contribution in [2.75, 3.05) is 17.7 Å². The molecule has 0 aliphatic carbocycles. The Morgan fingerprint density at radius 2 is 1.72 bits per heavy atom. The predicted molar refractivity (Wildman–Crippen MR) is 100 cm³/mol. The Kier molecular flexibility index (Phi) is 5.25. The summed E-state index contributed by atoms with van der Waals surface area (Å²) in [6, 6.07) is 14.7. The third kappa shape index (κ3) is 4.33. The second kappa shape index (κ2) is 7.76. The second-order valence-corrected chi connectivity index (χ2v) is 5.94. The normalized spacial score (nSPS) is 10.2. The molecule has 3 aromatic rings. The van der Waals surface area contributed by atoms with Crippen LogP contribution in [0.5, 0.6) is 5.75 Å². The van der Waals surface area contributed by atoms with Crippen LogP contribution in [0.25, 0.3) is 0 Å². The van der Waals surface area contributed by atoms with Crippen LogP contribution in [0.3, 0.4) is 0 Å². The van der Waals surface area contributed by atoms with E-state index in [1.165, 1.54) is 12.4 Å². The average molecular weight is 399 g/mol. The number of aromatic nitrogens is 2. The topological polar surface area (TPSA) is 76.1 Å². The summed E-state index contributed by atoms with van der Waals surface area (Å²) in [6.07, 6.45) is 2.95. The summed E-state index contributed by atoms with van der Waals surface area (Å²) in [7, 11) is 1.59. The summed E-state index contributed by atoms with van der Waals surface area (Å²) in [6.45, 7) is 0. The molecule has 2 N–H and O–H groups in total. The highest BCUT2D eigenvalue weighted by atomic mass is 79.9. The van der Waals surface area contributed by atoms with Crippen molar-refractivity contribution in [3.05, 3.63) is 71.0 Å². The van der Waals surface area contributed by atoms with Gasteiger partial charge in [0.25, 0.3) is 5.91 Å². The molecule has 0 fully saturated rings. The summed E-state index contributed by atoms with van der Waals surface area (Å²) in [4.78, 5) is 20.6. The van der Waals surface area contributed by atoms with Gasteiger partial charge in [0.05, 0.1) is 18.4 Å². The molecule has 126 valence electrons. The molecule has 0 spiro atoms. The van der Waals surface area contributed by atoms with Crippen LogP contribution in [0, 0.1) is 0 Å². The SMILES string of the molecule is COc1ccc(NC(=O)c2cnc(Nc3ccccc3Br)nc2)cc1. The lowest BCUT2D eigenvalue weighted by atomic mass is 10.2. The van der Waals surface area contributed by atoms with Gasteiger partial charge in [-0.2, -0.15) is 0 Å². The first kappa shape index (κ1) is 16.9. The average Bonchev–Trinajstić information content (AvgIpc) is 2.65. The van der Waals surface area contributed by atoms with E-state index in [4.69, 9.17) is 4.74 Å². The molecule has 0 unspecified atom stereocenters. The number of amides is 1. The van der Waals surface area contributed by atoms with Crippen molar-refractivity contribution in [3.63, 3.8) is 0 Å². The minimum Gasteiger partial charge on any atom is -0.497 e. The highest BCUT2D eigenvalue weighted by Crippen LogP contribution is 2.23. The van der Waals surface area contributed by atoms with Crippen molar-refractivity contribution >= 4 is 39.2 Å². The van der Waals surface area contributed by atoms with Crippen LogP contribution in [-0.2, 0) is 0 Å². The third-order valence-corrected chi connectivity index (χ3v) is 4.07. The van der Waals surface area contributed by atoms with E-state index < -0.39 is 0 Å². The van der Waals surface area contributed by atoms with Crippen LogP contribution >= 0.6 is 15.9 Å². The lowest BCUT2D eigenvalue weighted by molar-refractivity contribution is 0.102. The number of rotatable bonds is 5. The zero-order valence-corrected chi connectivity index (χ0v) is 14.9. The number of nitrogens with one attached hydrogen (secondary N) is 2. The van der Waals surface area contributed by atoms with Gasteiger partial charge in [-0.3, -0.25) is 4.79 Å². The molecule has 1 aromatic heterocycles. The summed E-state index contributed by atoms with van der Waals surface area (Å²) in [5.74, 6) is 0.856. The molecule has 0 aliphatic heterocycles. The Bertz CT molecular complexity index is 867. The van der Waals surface area contributed by atoms with E-state index in [-0.39, 0.29) is 5.91 Å². The van der Waals surface area contributed by atoms with Gasteiger partial charge in [-0.05, 0) is 52.3 Å². The Hall–Kier alpha value is -2.93. The van der Waals surface area contributed by atoms with Crippen molar-refractivity contribution in [3.8, 4) is 5.75 Å². The minimum atomic E-state index is -0.280. The minimum absolute atomic E-state index is 0.280. The molecule has 0 aliphatic rings. The van der Waals surface area contributed by atoms with Crippen molar-refractivity contribution < 1.29 is 9.53 Å². The summed E-state index contributed by atoms with van der Waals surface area (Å²) in [5.41, 5.74) is 1.88. The number of halogens is 1. The highest BCUT2D eigenvalue weighted by Gasteiger charge is 2.08. The largest absolute Gasteiger partial charge is 0.497 e. The molecule has 0 bridgehead atoms. The molecule has 25 heavy (non-hydrogen) atoms. The Morgan fingerprint density at radius 1 is 1.04 bits per heavy atom. The second-order valence-electron chi connectivity index (χ2n) is 5.08. The number of nitrogens with zero attached hydrogens (tertiary/aromatic N) is 2. The molecule has 0 saturated carbocycles. The molecule has 0 saturated heterocycles. The fourth-order valence-electron chi connectivity index (χ4n) is 2.07. The van der Waals surface area contributed by atoms with E-state index in [9.17, 15) is 4.79 Å². The highest BCUT2D eigenvalue weighted by molar-refractivity contribution is 9.10. The van der Waals surface area contributed by atoms with Gasteiger partial charge in [0.15, 0.2) is 0 Å². The lowest BCUT2D eigenvalue weighted by Gasteiger charge is -2.08. The molecular weight excluding hydrogens is 384 g/mol. The van der Waals surface area contributed by atoms with Crippen molar-refractivity contribution in [1.82, 2.24) is 9.97 Å². The molecular formula is C18H15BrN4O2. The summed E-state index contributed by atoms with van der Waals surface area (Å²) < 4.78 is 5.99. The van der Waals surface area contributed by atoms with Gasteiger partial charge in [-0.1, -0.05) is 12.1 Å². The van der Waals surface area contributed by atoms with Gasteiger partial charge in [0.2, 0.25) is 5.95 Å². The lowest BCUT2D eigenvalue weighted by Crippen LogP contribution is -2.13. The van der Waals surface area contributed by atoms with E-state index in [0.29, 0.717) is 17.2 Å². The fraction of sp³-hybridized carbons (Fsp3) is 0.0556. The first-order valence-corrected chi connectivity index (χ1v) is 8.24. The quantitative estimate of drug-likeness (QED) is 0.671. The fourth-order valence-corrected chi connectivity index (χ4v) is 2.45. The number of methoxy groups -OCH3 is 1. The molecule has 0 atom stereocenters. The number of anilines is 3. The smallest absolute Gasteiger partial charge is 0.258 e. The molecule has 6 nitrogen and oxygen atoms in total. The van der Waals surface area contributed by atoms with Gasteiger partial charge in [-0.15, -0.1) is 0 Å². The summed E-state index contributed by atoms with van der Waals surface area (Å²) in [5, 5.41) is 5.87. The van der Waals surface area contributed by atoms with E-state index in [0.717, 1.165) is 15.9 Å². The maximum Gasteiger partial charge on any atom is 0.258 e. The van der Waals surface area contributed by atoms with Crippen LogP contribution in [0.2, 0.25) is 0 Å². The van der Waals surface area contributed by atoms with Crippen LogP contribution in [0.15, 0.2) is 65.4 Å². The third-order valence-electron chi connectivity index (χ3n) is 3.38. The Morgan fingerprint density at radius 3 is 2.36 bits per heavy atom. The molecule has 1 heterocycles. The van der Waals surface area contributed by atoms with Crippen LogP contribution in [-0.4, -0.2) is 23.0 Å². The maximum absolute atomic E-state index is 12.2. The summed E-state index contributed by atoms with van der Waals surface area (Å²) >= 11 is 3.45. The monoisotopic (exact) mass is 398 g/mol. The van der Waals surface area contributed by atoms with Gasteiger partial charge in [0.1, 0.15) is 5.75 Å². The maximum atomic E-state index is 12.2. The number of carbonyl (C=O) groups is 1. The molecule has 7 heteroatoms. The van der Waals surface area contributed by atoms with Crippen LogP contribution in [0.1, 0.15) is 10.4 Å². The van der Waals surface area contributed by atoms with E-state index in [1.54, 1.807) is 31.4 Å². The standard InChI is InChI=1S/C18H15BrN4O2/c1-25-14-8-6-13(7-9-14)22-17(24)12-10-20-18(21-11-12)23-16-5-3-2-4-15(16)19/h2-11H,1H3,(H,22,24)(H,20,21,23).